The van der Waals surface area contributed by atoms with Gasteiger partial charge >= 0.3 is 5.97 Å². The minimum Gasteiger partial charge on any atom is -0.498 e. The van der Waals surface area contributed by atoms with Crippen molar-refractivity contribution in [2.24, 2.45) is 35.0 Å². The van der Waals surface area contributed by atoms with Gasteiger partial charge in [-0.2, -0.15) is 0 Å². The van der Waals surface area contributed by atoms with Crippen LogP contribution < -0.4 is 0 Å². The lowest BCUT2D eigenvalue weighted by molar-refractivity contribution is -0.185. The molecule has 160 valence electrons. The fraction of sp³-hybridized carbons (Fsp3) is 0.760. The molecule has 4 aliphatic carbocycles. The molecule has 0 aromatic carbocycles. The first-order valence-electron chi connectivity index (χ1n) is 11.5. The second-order valence-corrected chi connectivity index (χ2v) is 10.1. The van der Waals surface area contributed by atoms with Crippen LogP contribution in [0.5, 0.6) is 0 Å². The van der Waals surface area contributed by atoms with E-state index in [0.29, 0.717) is 36.0 Å². The van der Waals surface area contributed by atoms with Crippen LogP contribution in [0.2, 0.25) is 0 Å². The number of ether oxygens (including phenoxy) is 2. The molecule has 0 bridgehead atoms. The summed E-state index contributed by atoms with van der Waals surface area (Å²) in [6, 6.07) is 0. The lowest BCUT2D eigenvalue weighted by atomic mass is 9.50. The summed E-state index contributed by atoms with van der Waals surface area (Å²) in [6.45, 7) is 10.3. The van der Waals surface area contributed by atoms with E-state index >= 15 is 0 Å². The molecule has 0 aromatic rings. The standard InChI is InChI=1S/C25H36O4/c1-6-28-19-8-10-20-18(13-19)7-9-22-21(20)11-12-24(5)23(22)15(2)14-25(24,16(3)26)29-17(4)27/h7,13,15,20-23H,6,8-12,14H2,1-5H3/t15-,20+,21-,22-,23+,24+,25+/m1/s1. The number of fused-ring (bicyclic) bond motifs is 5. The van der Waals surface area contributed by atoms with E-state index < -0.39 is 5.60 Å². The van der Waals surface area contributed by atoms with Gasteiger partial charge in [0.05, 0.1) is 12.4 Å². The minimum atomic E-state index is -0.952. The highest BCUT2D eigenvalue weighted by Gasteiger charge is 2.68. The largest absolute Gasteiger partial charge is 0.498 e. The summed E-state index contributed by atoms with van der Waals surface area (Å²) >= 11 is 0. The van der Waals surface area contributed by atoms with E-state index in [9.17, 15) is 9.59 Å². The van der Waals surface area contributed by atoms with Gasteiger partial charge in [-0.25, -0.2) is 0 Å². The fourth-order valence-electron chi connectivity index (χ4n) is 7.84. The SMILES string of the molecule is CCOC1=CC2=CC[C@@H]3[C@H](CC[C@@]4(C)[C@H]3[C@H](C)C[C@]4(OC(C)=O)C(C)=O)[C@H]2CC1. The molecular weight excluding hydrogens is 364 g/mol. The van der Waals surface area contributed by atoms with Crippen molar-refractivity contribution in [3.8, 4) is 0 Å². The number of allylic oxidation sites excluding steroid dienone is 4. The summed E-state index contributed by atoms with van der Waals surface area (Å²) in [5.74, 6) is 3.46. The van der Waals surface area contributed by atoms with E-state index in [1.54, 1.807) is 6.92 Å². The van der Waals surface area contributed by atoms with Crippen molar-refractivity contribution in [3.63, 3.8) is 0 Å². The van der Waals surface area contributed by atoms with E-state index in [0.717, 1.165) is 38.0 Å². The summed E-state index contributed by atoms with van der Waals surface area (Å²) < 4.78 is 11.7. The van der Waals surface area contributed by atoms with Gasteiger partial charge in [0.1, 0.15) is 0 Å². The Labute approximate surface area is 175 Å². The van der Waals surface area contributed by atoms with E-state index in [-0.39, 0.29) is 17.2 Å². The Morgan fingerprint density at radius 1 is 1.21 bits per heavy atom. The van der Waals surface area contributed by atoms with Gasteiger partial charge in [-0.3, -0.25) is 9.59 Å². The molecule has 4 nitrogen and oxygen atoms in total. The average molecular weight is 401 g/mol. The van der Waals surface area contributed by atoms with Crippen molar-refractivity contribution < 1.29 is 19.1 Å². The van der Waals surface area contributed by atoms with Crippen LogP contribution in [-0.4, -0.2) is 24.0 Å². The quantitative estimate of drug-likeness (QED) is 0.607. The summed E-state index contributed by atoms with van der Waals surface area (Å²) in [7, 11) is 0. The molecule has 4 heteroatoms. The molecule has 0 spiro atoms. The van der Waals surface area contributed by atoms with Crippen LogP contribution in [0.4, 0.5) is 0 Å². The molecular formula is C25H36O4. The van der Waals surface area contributed by atoms with Crippen molar-refractivity contribution in [1.29, 1.82) is 0 Å². The van der Waals surface area contributed by atoms with Gasteiger partial charge in [0.2, 0.25) is 0 Å². The first kappa shape index (κ1) is 20.7. The third-order valence-corrected chi connectivity index (χ3v) is 8.71. The molecule has 2 saturated carbocycles. The zero-order chi connectivity index (χ0) is 21.0. The van der Waals surface area contributed by atoms with E-state index in [4.69, 9.17) is 9.47 Å². The topological polar surface area (TPSA) is 52.6 Å². The second-order valence-electron chi connectivity index (χ2n) is 10.1. The van der Waals surface area contributed by atoms with E-state index in [2.05, 4.69) is 26.0 Å². The zero-order valence-corrected chi connectivity index (χ0v) is 18.6. The monoisotopic (exact) mass is 400 g/mol. The number of carbonyl (C=O) groups excluding carboxylic acids is 2. The highest BCUT2D eigenvalue weighted by molar-refractivity contribution is 5.89. The Morgan fingerprint density at radius 2 is 1.97 bits per heavy atom. The summed E-state index contributed by atoms with van der Waals surface area (Å²) in [5, 5.41) is 0. The molecule has 0 aromatic heterocycles. The third kappa shape index (κ3) is 3.00. The Hall–Kier alpha value is -1.58. The molecule has 4 aliphatic rings. The van der Waals surface area contributed by atoms with E-state index in [1.165, 1.54) is 18.9 Å². The van der Waals surface area contributed by atoms with E-state index in [1.807, 2.05) is 6.92 Å². The minimum absolute atomic E-state index is 0.0250. The Balaban J connectivity index is 1.68. The lowest BCUT2D eigenvalue weighted by Crippen LogP contribution is -2.57. The smallest absolute Gasteiger partial charge is 0.303 e. The molecule has 0 radical (unpaired) electrons. The highest BCUT2D eigenvalue weighted by Crippen LogP contribution is 2.67. The molecule has 2 fully saturated rings. The Morgan fingerprint density at radius 3 is 2.62 bits per heavy atom. The number of hydrogen-bond donors (Lipinski definition) is 0. The predicted octanol–water partition coefficient (Wildman–Crippen LogP) is 5.23. The molecule has 29 heavy (non-hydrogen) atoms. The zero-order valence-electron chi connectivity index (χ0n) is 18.6. The van der Waals surface area contributed by atoms with Crippen molar-refractivity contribution in [1.82, 2.24) is 0 Å². The van der Waals surface area contributed by atoms with Crippen LogP contribution in [0.3, 0.4) is 0 Å². The Bertz CT molecular complexity index is 765. The number of carbonyl (C=O) groups is 2. The Kier molecular flexibility index (Phi) is 5.19. The lowest BCUT2D eigenvalue weighted by Gasteiger charge is -2.55. The van der Waals surface area contributed by atoms with Crippen LogP contribution in [0, 0.1) is 35.0 Å². The van der Waals surface area contributed by atoms with Gasteiger partial charge in [0, 0.05) is 18.8 Å². The van der Waals surface area contributed by atoms with Gasteiger partial charge in [0.25, 0.3) is 0 Å². The normalized spacial score (nSPS) is 43.3. The number of ketones is 1. The molecule has 0 N–H and O–H groups in total. The van der Waals surface area contributed by atoms with Crippen molar-refractivity contribution >= 4 is 11.8 Å². The van der Waals surface area contributed by atoms with Gasteiger partial charge in [-0.05, 0) is 87.2 Å². The fourth-order valence-corrected chi connectivity index (χ4v) is 7.84. The predicted molar refractivity (Wildman–Crippen MR) is 112 cm³/mol. The molecule has 0 saturated heterocycles. The first-order valence-corrected chi connectivity index (χ1v) is 11.5. The van der Waals surface area contributed by atoms with Crippen LogP contribution in [-0.2, 0) is 19.1 Å². The van der Waals surface area contributed by atoms with Crippen LogP contribution in [0.1, 0.15) is 73.1 Å². The first-order chi connectivity index (χ1) is 13.7. The van der Waals surface area contributed by atoms with Crippen molar-refractivity contribution in [2.75, 3.05) is 6.61 Å². The highest BCUT2D eigenvalue weighted by atomic mass is 16.6. The molecule has 0 heterocycles. The molecule has 7 atom stereocenters. The van der Waals surface area contributed by atoms with Crippen molar-refractivity contribution in [2.45, 2.75) is 78.7 Å². The van der Waals surface area contributed by atoms with Crippen LogP contribution >= 0.6 is 0 Å². The summed E-state index contributed by atoms with van der Waals surface area (Å²) in [4.78, 5) is 24.9. The van der Waals surface area contributed by atoms with Crippen molar-refractivity contribution in [3.05, 3.63) is 23.5 Å². The van der Waals surface area contributed by atoms with Gasteiger partial charge in [0.15, 0.2) is 11.4 Å². The maximum atomic E-state index is 12.9. The second kappa shape index (κ2) is 7.28. The molecule has 0 aliphatic heterocycles. The molecule has 4 rings (SSSR count). The van der Waals surface area contributed by atoms with Gasteiger partial charge < -0.3 is 9.47 Å². The van der Waals surface area contributed by atoms with Gasteiger partial charge in [-0.1, -0.05) is 19.9 Å². The number of rotatable bonds is 4. The summed E-state index contributed by atoms with van der Waals surface area (Å²) in [5.41, 5.74) is 0.247. The van der Waals surface area contributed by atoms with Crippen LogP contribution in [0.15, 0.2) is 23.5 Å². The molecule has 0 unspecified atom stereocenters. The maximum absolute atomic E-state index is 12.9. The van der Waals surface area contributed by atoms with Crippen LogP contribution in [0.25, 0.3) is 0 Å². The number of Topliss-reactive ketones (excluding diaryl/α,β-unsaturated/α-hetero) is 1. The maximum Gasteiger partial charge on any atom is 0.303 e. The average Bonchev–Trinajstić information content (AvgIpc) is 2.89. The third-order valence-electron chi connectivity index (χ3n) is 8.71. The number of esters is 1. The molecule has 0 amide bonds. The number of hydrogen-bond acceptors (Lipinski definition) is 4. The summed E-state index contributed by atoms with van der Waals surface area (Å²) in [6.07, 6.45) is 10.7. The van der Waals surface area contributed by atoms with Gasteiger partial charge in [-0.15, -0.1) is 0 Å².